The Kier molecular flexibility index (Phi) is 5.45. The van der Waals surface area contributed by atoms with Gasteiger partial charge in [-0.15, -0.1) is 0 Å². The van der Waals surface area contributed by atoms with Gasteiger partial charge in [-0.1, -0.05) is 17.7 Å². The number of ether oxygens (including phenoxy) is 2. The maximum Gasteiger partial charge on any atom is 0.248 e. The lowest BCUT2D eigenvalue weighted by Gasteiger charge is -2.26. The molecule has 128 valence electrons. The second-order valence-corrected chi connectivity index (χ2v) is 5.74. The van der Waals surface area contributed by atoms with Crippen molar-refractivity contribution in [3.8, 4) is 11.6 Å². The van der Waals surface area contributed by atoms with E-state index in [0.717, 1.165) is 39.4 Å². The Balaban J connectivity index is 1.59. The summed E-state index contributed by atoms with van der Waals surface area (Å²) in [5, 5.41) is 3.26. The van der Waals surface area contributed by atoms with Gasteiger partial charge in [0.1, 0.15) is 17.8 Å². The second kappa shape index (κ2) is 7.94. The summed E-state index contributed by atoms with van der Waals surface area (Å²) in [5.74, 6) is 1.66. The van der Waals surface area contributed by atoms with Crippen LogP contribution in [0.4, 0.5) is 11.5 Å². The number of nitrogens with one attached hydrogen (secondary N) is 1. The summed E-state index contributed by atoms with van der Waals surface area (Å²) in [7, 11) is 0. The van der Waals surface area contributed by atoms with Crippen LogP contribution < -0.4 is 15.8 Å². The molecule has 3 rings (SSSR count). The molecule has 2 aromatic rings. The number of benzene rings is 1. The molecule has 1 fully saturated rings. The maximum atomic E-state index is 6.13. The first-order chi connectivity index (χ1) is 11.7. The fraction of sp³-hybridized carbons (Fsp3) is 0.412. The van der Waals surface area contributed by atoms with Gasteiger partial charge in [0.25, 0.3) is 0 Å². The molecule has 0 radical (unpaired) electrons. The molecule has 3 N–H and O–H groups in total. The van der Waals surface area contributed by atoms with Gasteiger partial charge in [-0.3, -0.25) is 4.90 Å². The topological polar surface area (TPSA) is 85.5 Å². The van der Waals surface area contributed by atoms with Crippen LogP contribution in [0, 0.1) is 6.92 Å². The Morgan fingerprint density at radius 2 is 1.96 bits per heavy atom. The van der Waals surface area contributed by atoms with Crippen molar-refractivity contribution in [2.75, 3.05) is 50.4 Å². The van der Waals surface area contributed by atoms with Crippen LogP contribution in [0.1, 0.15) is 5.56 Å². The molecule has 0 atom stereocenters. The Morgan fingerprint density at radius 1 is 1.21 bits per heavy atom. The Labute approximate surface area is 141 Å². The lowest BCUT2D eigenvalue weighted by Crippen LogP contribution is -2.39. The predicted molar refractivity (Wildman–Crippen MR) is 93.4 cm³/mol. The number of nitrogens with two attached hydrogens (primary N) is 1. The monoisotopic (exact) mass is 329 g/mol. The standard InChI is InChI=1S/C17H23N5O2/c1-13-2-4-14(5-3-13)24-17-15(18)16(20-12-21-17)19-6-7-22-8-10-23-11-9-22/h2-5,12H,6-11,18H2,1H3,(H,19,20,21). The molecular weight excluding hydrogens is 306 g/mol. The molecule has 1 aromatic heterocycles. The summed E-state index contributed by atoms with van der Waals surface area (Å²) in [6, 6.07) is 7.74. The minimum atomic E-state index is 0.364. The zero-order chi connectivity index (χ0) is 16.8. The van der Waals surface area contributed by atoms with E-state index in [2.05, 4.69) is 20.2 Å². The van der Waals surface area contributed by atoms with E-state index >= 15 is 0 Å². The predicted octanol–water partition coefficient (Wildman–Crippen LogP) is 1.90. The van der Waals surface area contributed by atoms with E-state index in [1.165, 1.54) is 11.9 Å². The third-order valence-electron chi connectivity index (χ3n) is 3.91. The first-order valence-electron chi connectivity index (χ1n) is 8.11. The SMILES string of the molecule is Cc1ccc(Oc2ncnc(NCCN3CCOCC3)c2N)cc1. The highest BCUT2D eigenvalue weighted by atomic mass is 16.5. The van der Waals surface area contributed by atoms with Crippen molar-refractivity contribution in [1.82, 2.24) is 14.9 Å². The highest BCUT2D eigenvalue weighted by molar-refractivity contribution is 5.66. The van der Waals surface area contributed by atoms with E-state index in [4.69, 9.17) is 15.2 Å². The van der Waals surface area contributed by atoms with Crippen molar-refractivity contribution >= 4 is 11.5 Å². The van der Waals surface area contributed by atoms with Crippen LogP contribution >= 0.6 is 0 Å². The molecule has 1 saturated heterocycles. The van der Waals surface area contributed by atoms with Crippen LogP contribution in [0.3, 0.4) is 0 Å². The average molecular weight is 329 g/mol. The molecule has 2 heterocycles. The number of nitrogens with zero attached hydrogens (tertiary/aromatic N) is 3. The van der Waals surface area contributed by atoms with Crippen LogP contribution in [-0.2, 0) is 4.74 Å². The van der Waals surface area contributed by atoms with Gasteiger partial charge in [-0.05, 0) is 19.1 Å². The maximum absolute atomic E-state index is 6.13. The lowest BCUT2D eigenvalue weighted by molar-refractivity contribution is 0.0398. The van der Waals surface area contributed by atoms with E-state index in [-0.39, 0.29) is 0 Å². The van der Waals surface area contributed by atoms with Crippen molar-refractivity contribution in [3.63, 3.8) is 0 Å². The number of nitrogen functional groups attached to an aromatic ring is 1. The summed E-state index contributed by atoms with van der Waals surface area (Å²) in [6.07, 6.45) is 1.46. The molecule has 1 aromatic carbocycles. The molecule has 24 heavy (non-hydrogen) atoms. The van der Waals surface area contributed by atoms with Gasteiger partial charge in [-0.25, -0.2) is 4.98 Å². The van der Waals surface area contributed by atoms with E-state index < -0.39 is 0 Å². The molecule has 1 aliphatic heterocycles. The number of anilines is 2. The number of hydrogen-bond donors (Lipinski definition) is 2. The minimum absolute atomic E-state index is 0.364. The van der Waals surface area contributed by atoms with Crippen molar-refractivity contribution in [2.24, 2.45) is 0 Å². The number of aromatic nitrogens is 2. The van der Waals surface area contributed by atoms with Gasteiger partial charge in [0, 0.05) is 26.2 Å². The van der Waals surface area contributed by atoms with Gasteiger partial charge >= 0.3 is 0 Å². The van der Waals surface area contributed by atoms with Gasteiger partial charge in [0.2, 0.25) is 5.88 Å². The molecule has 0 unspecified atom stereocenters. The van der Waals surface area contributed by atoms with Crippen LogP contribution in [0.25, 0.3) is 0 Å². The normalized spacial score (nSPS) is 15.2. The highest BCUT2D eigenvalue weighted by Crippen LogP contribution is 2.29. The number of rotatable bonds is 6. The zero-order valence-electron chi connectivity index (χ0n) is 13.9. The zero-order valence-corrected chi connectivity index (χ0v) is 13.9. The molecule has 0 spiro atoms. The Bertz CT molecular complexity index is 657. The minimum Gasteiger partial charge on any atom is -0.437 e. The average Bonchev–Trinajstić information content (AvgIpc) is 2.61. The van der Waals surface area contributed by atoms with Crippen LogP contribution in [0.15, 0.2) is 30.6 Å². The summed E-state index contributed by atoms with van der Waals surface area (Å²) in [5.41, 5.74) is 7.72. The molecule has 1 aliphatic rings. The fourth-order valence-electron chi connectivity index (χ4n) is 2.48. The van der Waals surface area contributed by atoms with Crippen LogP contribution in [-0.4, -0.2) is 54.3 Å². The summed E-state index contributed by atoms with van der Waals surface area (Å²) >= 11 is 0. The second-order valence-electron chi connectivity index (χ2n) is 5.74. The smallest absolute Gasteiger partial charge is 0.248 e. The van der Waals surface area contributed by atoms with Crippen LogP contribution in [0.2, 0.25) is 0 Å². The van der Waals surface area contributed by atoms with E-state index in [0.29, 0.717) is 23.1 Å². The third-order valence-corrected chi connectivity index (χ3v) is 3.91. The lowest BCUT2D eigenvalue weighted by atomic mass is 10.2. The van der Waals surface area contributed by atoms with Crippen molar-refractivity contribution in [1.29, 1.82) is 0 Å². The molecule has 7 heteroatoms. The Hall–Kier alpha value is -2.38. The first-order valence-corrected chi connectivity index (χ1v) is 8.11. The number of morpholine rings is 1. The largest absolute Gasteiger partial charge is 0.437 e. The van der Waals surface area contributed by atoms with Gasteiger partial charge in [-0.2, -0.15) is 4.98 Å². The molecule has 0 bridgehead atoms. The molecule has 0 aliphatic carbocycles. The van der Waals surface area contributed by atoms with E-state index in [1.807, 2.05) is 31.2 Å². The molecule has 0 saturated carbocycles. The Morgan fingerprint density at radius 3 is 2.71 bits per heavy atom. The van der Waals surface area contributed by atoms with Crippen molar-refractivity contribution in [2.45, 2.75) is 6.92 Å². The van der Waals surface area contributed by atoms with Crippen LogP contribution in [0.5, 0.6) is 11.6 Å². The van der Waals surface area contributed by atoms with E-state index in [1.54, 1.807) is 0 Å². The third kappa shape index (κ3) is 4.33. The number of aryl methyl sites for hydroxylation is 1. The highest BCUT2D eigenvalue weighted by Gasteiger charge is 2.12. The summed E-state index contributed by atoms with van der Waals surface area (Å²) < 4.78 is 11.1. The first kappa shape index (κ1) is 16.5. The molecule has 0 amide bonds. The molecular formula is C17H23N5O2. The number of hydrogen-bond acceptors (Lipinski definition) is 7. The summed E-state index contributed by atoms with van der Waals surface area (Å²) in [4.78, 5) is 10.7. The van der Waals surface area contributed by atoms with E-state index in [9.17, 15) is 0 Å². The quantitative estimate of drug-likeness (QED) is 0.837. The summed E-state index contributed by atoms with van der Waals surface area (Å²) in [6.45, 7) is 7.21. The van der Waals surface area contributed by atoms with Crippen molar-refractivity contribution in [3.05, 3.63) is 36.2 Å². The fourth-order valence-corrected chi connectivity index (χ4v) is 2.48. The van der Waals surface area contributed by atoms with Gasteiger partial charge in [0.15, 0.2) is 5.82 Å². The van der Waals surface area contributed by atoms with Crippen molar-refractivity contribution < 1.29 is 9.47 Å². The van der Waals surface area contributed by atoms with Gasteiger partial charge < -0.3 is 20.5 Å². The molecule has 7 nitrogen and oxygen atoms in total. The van der Waals surface area contributed by atoms with Gasteiger partial charge in [0.05, 0.1) is 13.2 Å².